The number of alkyl halides is 3. The quantitative estimate of drug-likeness (QED) is 0.761. The van der Waals surface area contributed by atoms with Crippen molar-refractivity contribution >= 4 is 0 Å². The van der Waals surface area contributed by atoms with E-state index in [0.29, 0.717) is 24.3 Å². The van der Waals surface area contributed by atoms with Crippen LogP contribution in [0, 0.1) is 0 Å². The van der Waals surface area contributed by atoms with Crippen LogP contribution in [0.3, 0.4) is 0 Å². The number of nitrogens with one attached hydrogen (secondary N) is 2. The molecule has 1 unspecified atom stereocenters. The molecule has 1 saturated heterocycles. The van der Waals surface area contributed by atoms with E-state index >= 15 is 0 Å². The zero-order valence-corrected chi connectivity index (χ0v) is 16.8. The van der Waals surface area contributed by atoms with Gasteiger partial charge in [0.2, 0.25) is 0 Å². The Morgan fingerprint density at radius 1 is 1.21 bits per heavy atom. The molecular formula is C23H27F3N2O. The number of hydrogen-bond acceptors (Lipinski definition) is 3. The summed E-state index contributed by atoms with van der Waals surface area (Å²) in [4.78, 5) is 0. The van der Waals surface area contributed by atoms with Crippen LogP contribution in [0.5, 0.6) is 5.75 Å². The summed E-state index contributed by atoms with van der Waals surface area (Å²) < 4.78 is 46.8. The molecule has 1 heterocycles. The van der Waals surface area contributed by atoms with Crippen molar-refractivity contribution in [1.29, 1.82) is 0 Å². The summed E-state index contributed by atoms with van der Waals surface area (Å²) in [6.45, 7) is 2.69. The van der Waals surface area contributed by atoms with Crippen molar-refractivity contribution in [1.82, 2.24) is 10.6 Å². The first-order valence-electron chi connectivity index (χ1n) is 10.1. The van der Waals surface area contributed by atoms with Crippen LogP contribution in [0.4, 0.5) is 13.2 Å². The van der Waals surface area contributed by atoms with E-state index in [1.54, 1.807) is 19.2 Å². The van der Waals surface area contributed by atoms with Crippen LogP contribution < -0.4 is 15.4 Å². The monoisotopic (exact) mass is 404 g/mol. The van der Waals surface area contributed by atoms with Gasteiger partial charge in [-0.2, -0.15) is 13.2 Å². The highest BCUT2D eigenvalue weighted by molar-refractivity contribution is 5.49. The van der Waals surface area contributed by atoms with E-state index in [2.05, 4.69) is 22.8 Å². The summed E-state index contributed by atoms with van der Waals surface area (Å²) in [6, 6.07) is 14.1. The second-order valence-electron chi connectivity index (χ2n) is 8.27. The maximum Gasteiger partial charge on any atom is 0.398 e. The van der Waals surface area contributed by atoms with Crippen molar-refractivity contribution in [2.24, 2.45) is 0 Å². The molecule has 0 amide bonds. The number of hydrogen-bond donors (Lipinski definition) is 2. The molecule has 4 rings (SSSR count). The van der Waals surface area contributed by atoms with E-state index in [1.165, 1.54) is 12.5 Å². The SMILES string of the molecule is COc1cc2c(cc1CN[C@H]1CCN[C@H]1c1ccccc1)C(C)(C(F)(F)F)CC2. The van der Waals surface area contributed by atoms with Crippen molar-refractivity contribution in [2.45, 2.75) is 56.4 Å². The van der Waals surface area contributed by atoms with Gasteiger partial charge in [-0.25, -0.2) is 0 Å². The Morgan fingerprint density at radius 3 is 2.66 bits per heavy atom. The van der Waals surface area contributed by atoms with E-state index in [4.69, 9.17) is 4.74 Å². The highest BCUT2D eigenvalue weighted by atomic mass is 19.4. The van der Waals surface area contributed by atoms with E-state index in [0.717, 1.165) is 24.1 Å². The third-order valence-corrected chi connectivity index (χ3v) is 6.56. The van der Waals surface area contributed by atoms with Gasteiger partial charge in [-0.3, -0.25) is 0 Å². The largest absolute Gasteiger partial charge is 0.496 e. The third kappa shape index (κ3) is 3.64. The molecule has 2 aliphatic rings. The summed E-state index contributed by atoms with van der Waals surface area (Å²) in [5.74, 6) is 0.657. The van der Waals surface area contributed by atoms with E-state index in [9.17, 15) is 13.2 Å². The van der Waals surface area contributed by atoms with Crippen LogP contribution in [0.2, 0.25) is 0 Å². The fraction of sp³-hybridized carbons (Fsp3) is 0.478. The predicted octanol–water partition coefficient (Wildman–Crippen LogP) is 4.65. The minimum Gasteiger partial charge on any atom is -0.496 e. The van der Waals surface area contributed by atoms with Crippen LogP contribution in [0.15, 0.2) is 42.5 Å². The zero-order chi connectivity index (χ0) is 20.6. The highest BCUT2D eigenvalue weighted by Gasteiger charge is 2.55. The maximum absolute atomic E-state index is 13.8. The zero-order valence-electron chi connectivity index (χ0n) is 16.8. The fourth-order valence-corrected chi connectivity index (χ4v) is 4.70. The molecule has 0 aromatic heterocycles. The average molecular weight is 404 g/mol. The first kappa shape index (κ1) is 20.2. The van der Waals surface area contributed by atoms with Crippen LogP contribution in [-0.4, -0.2) is 25.9 Å². The van der Waals surface area contributed by atoms with E-state index in [1.807, 2.05) is 18.2 Å². The predicted molar refractivity (Wildman–Crippen MR) is 107 cm³/mol. The Kier molecular flexibility index (Phi) is 5.34. The van der Waals surface area contributed by atoms with Crippen molar-refractivity contribution < 1.29 is 17.9 Å². The van der Waals surface area contributed by atoms with E-state index < -0.39 is 11.6 Å². The fourth-order valence-electron chi connectivity index (χ4n) is 4.70. The number of rotatable bonds is 5. The van der Waals surface area contributed by atoms with Crippen LogP contribution in [0.25, 0.3) is 0 Å². The summed E-state index contributed by atoms with van der Waals surface area (Å²) in [7, 11) is 1.58. The molecule has 1 fully saturated rings. The number of ether oxygens (including phenoxy) is 1. The number of aryl methyl sites for hydroxylation is 1. The standard InChI is InChI=1S/C23H27F3N2O/c1-22(23(24,25)26)10-8-16-13-20(29-2)17(12-18(16)22)14-28-19-9-11-27-21(19)15-6-4-3-5-7-15/h3-7,12-13,19,21,27-28H,8-11,14H2,1-2H3/t19-,21-,22?/m0/s1. The van der Waals surface area contributed by atoms with Gasteiger partial charge in [0, 0.05) is 24.2 Å². The number of halogens is 3. The maximum atomic E-state index is 13.8. The molecule has 0 spiro atoms. The lowest BCUT2D eigenvalue weighted by atomic mass is 9.82. The van der Waals surface area contributed by atoms with Gasteiger partial charge in [0.15, 0.2) is 0 Å². The van der Waals surface area contributed by atoms with Gasteiger partial charge >= 0.3 is 6.18 Å². The van der Waals surface area contributed by atoms with Crippen molar-refractivity contribution in [3.8, 4) is 5.75 Å². The van der Waals surface area contributed by atoms with Crippen molar-refractivity contribution in [2.75, 3.05) is 13.7 Å². The lowest BCUT2D eigenvalue weighted by Gasteiger charge is -2.29. The van der Waals surface area contributed by atoms with Gasteiger partial charge in [-0.15, -0.1) is 0 Å². The average Bonchev–Trinajstić information content (AvgIpc) is 3.31. The molecule has 6 heteroatoms. The molecular weight excluding hydrogens is 377 g/mol. The van der Waals surface area contributed by atoms with Crippen molar-refractivity contribution in [3.05, 3.63) is 64.7 Å². The lowest BCUT2D eigenvalue weighted by molar-refractivity contribution is -0.184. The summed E-state index contributed by atoms with van der Waals surface area (Å²) >= 11 is 0. The molecule has 3 nitrogen and oxygen atoms in total. The normalized spacial score (nSPS) is 26.5. The molecule has 29 heavy (non-hydrogen) atoms. The van der Waals surface area contributed by atoms with Crippen molar-refractivity contribution in [3.63, 3.8) is 0 Å². The topological polar surface area (TPSA) is 33.3 Å². The van der Waals surface area contributed by atoms with Crippen LogP contribution >= 0.6 is 0 Å². The van der Waals surface area contributed by atoms with Gasteiger partial charge in [0.25, 0.3) is 0 Å². The minimum absolute atomic E-state index is 0.0918. The summed E-state index contributed by atoms with van der Waals surface area (Å²) in [6.07, 6.45) is -2.77. The Labute approximate surface area is 169 Å². The first-order chi connectivity index (χ1) is 13.8. The molecule has 2 N–H and O–H groups in total. The minimum atomic E-state index is -4.26. The van der Waals surface area contributed by atoms with Gasteiger partial charge in [-0.05, 0) is 61.6 Å². The molecule has 2 aromatic rings. The number of benzene rings is 2. The third-order valence-electron chi connectivity index (χ3n) is 6.56. The molecule has 1 aliphatic heterocycles. The summed E-state index contributed by atoms with van der Waals surface area (Å²) in [5, 5.41) is 7.07. The smallest absolute Gasteiger partial charge is 0.398 e. The number of fused-ring (bicyclic) bond motifs is 1. The highest BCUT2D eigenvalue weighted by Crippen LogP contribution is 2.50. The molecule has 2 aromatic carbocycles. The molecule has 156 valence electrons. The second-order valence-corrected chi connectivity index (χ2v) is 8.27. The molecule has 1 aliphatic carbocycles. The molecule has 3 atom stereocenters. The van der Waals surface area contributed by atoms with Crippen LogP contribution in [-0.2, 0) is 18.4 Å². The van der Waals surface area contributed by atoms with Gasteiger partial charge in [-0.1, -0.05) is 30.3 Å². The van der Waals surface area contributed by atoms with Crippen LogP contribution in [0.1, 0.15) is 48.1 Å². The Bertz CT molecular complexity index is 868. The molecule has 0 saturated carbocycles. The first-order valence-corrected chi connectivity index (χ1v) is 10.1. The second kappa shape index (κ2) is 7.65. The Balaban J connectivity index is 1.57. The lowest BCUT2D eigenvalue weighted by Crippen LogP contribution is -2.37. The molecule has 0 radical (unpaired) electrons. The van der Waals surface area contributed by atoms with Gasteiger partial charge in [0.05, 0.1) is 12.5 Å². The summed E-state index contributed by atoms with van der Waals surface area (Å²) in [5.41, 5.74) is 1.35. The Hall–Kier alpha value is -2.05. The van der Waals surface area contributed by atoms with Gasteiger partial charge in [0.1, 0.15) is 5.75 Å². The molecule has 0 bridgehead atoms. The number of methoxy groups -OCH3 is 1. The van der Waals surface area contributed by atoms with E-state index in [-0.39, 0.29) is 18.5 Å². The Morgan fingerprint density at radius 2 is 1.97 bits per heavy atom. The van der Waals surface area contributed by atoms with Gasteiger partial charge < -0.3 is 15.4 Å².